The van der Waals surface area contributed by atoms with Gasteiger partial charge in [0.05, 0.1) is 5.69 Å². The Bertz CT molecular complexity index is 591. The Labute approximate surface area is 124 Å². The summed E-state index contributed by atoms with van der Waals surface area (Å²) in [7, 11) is 5.74. The van der Waals surface area contributed by atoms with Crippen molar-refractivity contribution < 1.29 is 4.79 Å². The van der Waals surface area contributed by atoms with Gasteiger partial charge in [0.1, 0.15) is 5.82 Å². The van der Waals surface area contributed by atoms with Gasteiger partial charge in [-0.2, -0.15) is 5.10 Å². The number of nitrogens with one attached hydrogen (secondary N) is 2. The molecule has 6 heteroatoms. The first-order chi connectivity index (χ1) is 10.1. The van der Waals surface area contributed by atoms with E-state index in [1.165, 1.54) is 0 Å². The van der Waals surface area contributed by atoms with Crippen LogP contribution in [0.4, 0.5) is 10.6 Å². The highest BCUT2D eigenvalue weighted by atomic mass is 16.2. The lowest BCUT2D eigenvalue weighted by Gasteiger charge is -2.11. The molecule has 0 radical (unpaired) electrons. The van der Waals surface area contributed by atoms with Crippen LogP contribution in [0, 0.1) is 0 Å². The van der Waals surface area contributed by atoms with Gasteiger partial charge in [-0.25, -0.2) is 4.79 Å². The number of rotatable bonds is 5. The van der Waals surface area contributed by atoms with Crippen molar-refractivity contribution in [1.29, 1.82) is 0 Å². The molecule has 1 aromatic heterocycles. The number of nitrogens with zero attached hydrogens (tertiary/aromatic N) is 3. The highest BCUT2D eigenvalue weighted by molar-refractivity contribution is 5.89. The molecule has 0 unspecified atom stereocenters. The Morgan fingerprint density at radius 1 is 1.29 bits per heavy atom. The largest absolute Gasteiger partial charge is 0.337 e. The summed E-state index contributed by atoms with van der Waals surface area (Å²) >= 11 is 0. The van der Waals surface area contributed by atoms with E-state index in [2.05, 4.69) is 15.7 Å². The molecular formula is C15H21N5O. The third-order valence-electron chi connectivity index (χ3n) is 3.04. The van der Waals surface area contributed by atoms with Crippen LogP contribution in [-0.4, -0.2) is 47.9 Å². The molecule has 1 heterocycles. The summed E-state index contributed by atoms with van der Waals surface area (Å²) in [5.74, 6) is 0.663. The average Bonchev–Trinajstić information content (AvgIpc) is 2.81. The molecule has 2 N–H and O–H groups in total. The summed E-state index contributed by atoms with van der Waals surface area (Å²) in [6.07, 6.45) is 0. The molecule has 0 aliphatic rings. The minimum Gasteiger partial charge on any atom is -0.337 e. The number of carbonyl (C=O) groups excluding carboxylic acids is 1. The van der Waals surface area contributed by atoms with Crippen LogP contribution in [0.25, 0.3) is 11.3 Å². The van der Waals surface area contributed by atoms with Gasteiger partial charge in [0, 0.05) is 31.8 Å². The fraction of sp³-hybridized carbons (Fsp3) is 0.333. The molecule has 0 saturated carbocycles. The molecule has 1 aromatic carbocycles. The zero-order chi connectivity index (χ0) is 15.2. The Morgan fingerprint density at radius 3 is 2.67 bits per heavy atom. The minimum absolute atomic E-state index is 0.223. The predicted octanol–water partition coefficient (Wildman–Crippen LogP) is 1.77. The number of aromatic nitrogens is 2. The van der Waals surface area contributed by atoms with Gasteiger partial charge in [-0.15, -0.1) is 0 Å². The normalized spacial score (nSPS) is 10.7. The van der Waals surface area contributed by atoms with Gasteiger partial charge in [0.2, 0.25) is 0 Å². The van der Waals surface area contributed by atoms with Crippen LogP contribution in [0.5, 0.6) is 0 Å². The maximum atomic E-state index is 11.8. The number of amides is 2. The number of anilines is 1. The molecule has 0 bridgehead atoms. The van der Waals surface area contributed by atoms with Gasteiger partial charge in [0.15, 0.2) is 0 Å². The Kier molecular flexibility index (Phi) is 4.94. The van der Waals surface area contributed by atoms with Gasteiger partial charge >= 0.3 is 6.03 Å². The van der Waals surface area contributed by atoms with E-state index in [0.717, 1.165) is 17.8 Å². The van der Waals surface area contributed by atoms with E-state index >= 15 is 0 Å². The summed E-state index contributed by atoms with van der Waals surface area (Å²) in [6.45, 7) is 1.40. The average molecular weight is 287 g/mol. The Balaban J connectivity index is 1.98. The minimum atomic E-state index is -0.223. The fourth-order valence-electron chi connectivity index (χ4n) is 1.89. The van der Waals surface area contributed by atoms with Crippen molar-refractivity contribution in [2.45, 2.75) is 0 Å². The van der Waals surface area contributed by atoms with E-state index in [-0.39, 0.29) is 6.03 Å². The lowest BCUT2D eigenvalue weighted by Crippen LogP contribution is -2.34. The van der Waals surface area contributed by atoms with Crippen molar-refractivity contribution in [2.24, 2.45) is 7.05 Å². The van der Waals surface area contributed by atoms with Gasteiger partial charge in [-0.05, 0) is 14.1 Å². The molecule has 0 saturated heterocycles. The van der Waals surface area contributed by atoms with Crippen LogP contribution >= 0.6 is 0 Å². The molecule has 0 fully saturated rings. The van der Waals surface area contributed by atoms with Crippen LogP contribution in [0.15, 0.2) is 36.4 Å². The van der Waals surface area contributed by atoms with Crippen molar-refractivity contribution in [3.8, 4) is 11.3 Å². The van der Waals surface area contributed by atoms with Crippen LogP contribution in [0.3, 0.4) is 0 Å². The molecule has 21 heavy (non-hydrogen) atoms. The van der Waals surface area contributed by atoms with Crippen molar-refractivity contribution in [1.82, 2.24) is 20.0 Å². The number of aryl methyl sites for hydroxylation is 1. The second kappa shape index (κ2) is 6.90. The molecule has 0 aliphatic carbocycles. The smallest absolute Gasteiger partial charge is 0.320 e. The van der Waals surface area contributed by atoms with Crippen molar-refractivity contribution >= 4 is 11.8 Å². The maximum absolute atomic E-state index is 11.8. The molecule has 112 valence electrons. The Morgan fingerprint density at radius 2 is 2.00 bits per heavy atom. The summed E-state index contributed by atoms with van der Waals surface area (Å²) in [5.41, 5.74) is 1.86. The lowest BCUT2D eigenvalue weighted by atomic mass is 10.2. The number of hydrogen-bond acceptors (Lipinski definition) is 3. The van der Waals surface area contributed by atoms with Gasteiger partial charge in [0.25, 0.3) is 0 Å². The summed E-state index contributed by atoms with van der Waals surface area (Å²) in [6, 6.07) is 11.5. The third kappa shape index (κ3) is 4.32. The third-order valence-corrected chi connectivity index (χ3v) is 3.04. The zero-order valence-corrected chi connectivity index (χ0v) is 12.6. The second-order valence-electron chi connectivity index (χ2n) is 5.09. The number of benzene rings is 1. The van der Waals surface area contributed by atoms with E-state index in [9.17, 15) is 4.79 Å². The Hall–Kier alpha value is -2.34. The molecule has 2 amide bonds. The van der Waals surface area contributed by atoms with Crippen LogP contribution in [-0.2, 0) is 7.05 Å². The first-order valence-corrected chi connectivity index (χ1v) is 6.85. The van der Waals surface area contributed by atoms with Crippen molar-refractivity contribution in [3.63, 3.8) is 0 Å². The molecule has 2 aromatic rings. The molecule has 0 atom stereocenters. The highest BCUT2D eigenvalue weighted by Crippen LogP contribution is 2.20. The van der Waals surface area contributed by atoms with E-state index in [4.69, 9.17) is 0 Å². The van der Waals surface area contributed by atoms with E-state index in [1.807, 2.05) is 62.4 Å². The van der Waals surface area contributed by atoms with Crippen molar-refractivity contribution in [3.05, 3.63) is 36.4 Å². The quantitative estimate of drug-likeness (QED) is 0.881. The fourth-order valence-corrected chi connectivity index (χ4v) is 1.89. The van der Waals surface area contributed by atoms with Gasteiger partial charge < -0.3 is 10.2 Å². The van der Waals surface area contributed by atoms with Crippen LogP contribution in [0.2, 0.25) is 0 Å². The highest BCUT2D eigenvalue weighted by Gasteiger charge is 2.09. The zero-order valence-electron chi connectivity index (χ0n) is 12.6. The second-order valence-corrected chi connectivity index (χ2v) is 5.09. The van der Waals surface area contributed by atoms with E-state index in [1.54, 1.807) is 4.68 Å². The lowest BCUT2D eigenvalue weighted by molar-refractivity contribution is 0.250. The molecule has 6 nitrogen and oxygen atoms in total. The summed E-state index contributed by atoms with van der Waals surface area (Å²) < 4.78 is 1.66. The number of carbonyl (C=O) groups is 1. The number of urea groups is 1. The summed E-state index contributed by atoms with van der Waals surface area (Å²) in [4.78, 5) is 13.8. The van der Waals surface area contributed by atoms with Crippen LogP contribution in [0.1, 0.15) is 0 Å². The van der Waals surface area contributed by atoms with Crippen LogP contribution < -0.4 is 10.6 Å². The number of hydrogen-bond donors (Lipinski definition) is 2. The topological polar surface area (TPSA) is 62.2 Å². The monoisotopic (exact) mass is 287 g/mol. The molecule has 0 aliphatic heterocycles. The maximum Gasteiger partial charge on any atom is 0.320 e. The predicted molar refractivity (Wildman–Crippen MR) is 84.2 cm³/mol. The first kappa shape index (κ1) is 15.1. The molecule has 2 rings (SSSR count). The van der Waals surface area contributed by atoms with Crippen molar-refractivity contribution in [2.75, 3.05) is 32.5 Å². The number of likely N-dealkylation sites (N-methyl/N-ethyl adjacent to an activating group) is 1. The van der Waals surface area contributed by atoms with Gasteiger partial charge in [-0.1, -0.05) is 30.3 Å². The van der Waals surface area contributed by atoms with Gasteiger partial charge in [-0.3, -0.25) is 10.00 Å². The first-order valence-electron chi connectivity index (χ1n) is 6.85. The summed E-state index contributed by atoms with van der Waals surface area (Å²) in [5, 5.41) is 10.0. The SMILES string of the molecule is CN(C)CCNC(=O)Nc1cc(-c2ccccc2)nn1C. The van der Waals surface area contributed by atoms with E-state index in [0.29, 0.717) is 12.4 Å². The molecule has 0 spiro atoms. The standard InChI is InChI=1S/C15H21N5O/c1-19(2)10-9-16-15(21)17-14-11-13(18-20(14)3)12-7-5-4-6-8-12/h4-8,11H,9-10H2,1-3H3,(H2,16,17,21). The molecular weight excluding hydrogens is 266 g/mol. The van der Waals surface area contributed by atoms with E-state index < -0.39 is 0 Å².